The molecule has 0 aromatic heterocycles. The maximum atomic E-state index is 12.7. The van der Waals surface area contributed by atoms with Crippen molar-refractivity contribution in [3.05, 3.63) is 29.3 Å². The van der Waals surface area contributed by atoms with Gasteiger partial charge in [0.05, 0.1) is 11.3 Å². The Morgan fingerprint density at radius 2 is 1.91 bits per heavy atom. The van der Waals surface area contributed by atoms with Gasteiger partial charge in [-0.1, -0.05) is 13.0 Å². The lowest BCUT2D eigenvalue weighted by Gasteiger charge is -2.36. The fraction of sp³-hybridized carbons (Fsp3) is 0.500. The quantitative estimate of drug-likeness (QED) is 0.799. The number of nitriles is 1. The van der Waals surface area contributed by atoms with E-state index in [1.165, 1.54) is 6.07 Å². The molecule has 1 fully saturated rings. The highest BCUT2D eigenvalue weighted by molar-refractivity contribution is 6.03. The van der Waals surface area contributed by atoms with Crippen LogP contribution >= 0.6 is 0 Å². The highest BCUT2D eigenvalue weighted by Crippen LogP contribution is 2.29. The molecule has 23 heavy (non-hydrogen) atoms. The maximum absolute atomic E-state index is 12.7. The van der Waals surface area contributed by atoms with Gasteiger partial charge < -0.3 is 4.90 Å². The van der Waals surface area contributed by atoms with E-state index < -0.39 is 17.5 Å². The van der Waals surface area contributed by atoms with E-state index in [-0.39, 0.29) is 5.56 Å². The number of hydrogen-bond donors (Lipinski definition) is 0. The third kappa shape index (κ3) is 3.82. The van der Waals surface area contributed by atoms with Gasteiger partial charge in [-0.05, 0) is 25.1 Å². The van der Waals surface area contributed by atoms with E-state index in [0.29, 0.717) is 18.8 Å². The van der Waals surface area contributed by atoms with Gasteiger partial charge in [-0.2, -0.15) is 18.4 Å². The van der Waals surface area contributed by atoms with Gasteiger partial charge in [-0.25, -0.2) is 0 Å². The molecule has 0 spiro atoms. The van der Waals surface area contributed by atoms with Gasteiger partial charge in [0, 0.05) is 31.7 Å². The van der Waals surface area contributed by atoms with Crippen LogP contribution in [0.25, 0.3) is 0 Å². The number of halogens is 3. The van der Waals surface area contributed by atoms with Gasteiger partial charge in [0.25, 0.3) is 5.78 Å². The standard InChI is InChI=1S/C16H18F3N3O/c1-2-6-21-7-9-22(10-8-21)14-5-3-4-12(13(14)11-20)15(23)16(17,18)19/h3-5H,2,6-10H2,1H3. The first-order valence-corrected chi connectivity index (χ1v) is 7.50. The van der Waals surface area contributed by atoms with Crippen LogP contribution in [-0.4, -0.2) is 49.6 Å². The second-order valence-corrected chi connectivity index (χ2v) is 5.47. The summed E-state index contributed by atoms with van der Waals surface area (Å²) >= 11 is 0. The Bertz CT molecular complexity index is 614. The Morgan fingerprint density at radius 1 is 1.26 bits per heavy atom. The molecule has 0 aliphatic carbocycles. The third-order valence-electron chi connectivity index (χ3n) is 3.91. The number of carbonyl (C=O) groups is 1. The van der Waals surface area contributed by atoms with Crippen molar-refractivity contribution in [2.45, 2.75) is 19.5 Å². The first-order chi connectivity index (χ1) is 10.9. The molecule has 0 amide bonds. The molecule has 2 rings (SSSR count). The Hall–Kier alpha value is -2.07. The molecule has 1 aromatic rings. The number of piperazine rings is 1. The molecule has 0 radical (unpaired) electrons. The fourth-order valence-electron chi connectivity index (χ4n) is 2.79. The van der Waals surface area contributed by atoms with Crippen molar-refractivity contribution in [1.82, 2.24) is 4.90 Å². The lowest BCUT2D eigenvalue weighted by Crippen LogP contribution is -2.46. The Kier molecular flexibility index (Phi) is 5.26. The molecule has 0 atom stereocenters. The predicted molar refractivity (Wildman–Crippen MR) is 80.5 cm³/mol. The zero-order valence-electron chi connectivity index (χ0n) is 12.9. The van der Waals surface area contributed by atoms with Gasteiger partial charge in [0.15, 0.2) is 0 Å². The lowest BCUT2D eigenvalue weighted by molar-refractivity contribution is -0.0885. The van der Waals surface area contributed by atoms with Gasteiger partial charge in [-0.15, -0.1) is 0 Å². The molecule has 7 heteroatoms. The van der Waals surface area contributed by atoms with E-state index in [4.69, 9.17) is 0 Å². The first kappa shape index (κ1) is 17.3. The van der Waals surface area contributed by atoms with E-state index in [1.54, 1.807) is 12.1 Å². The zero-order valence-corrected chi connectivity index (χ0v) is 12.9. The second-order valence-electron chi connectivity index (χ2n) is 5.47. The highest BCUT2D eigenvalue weighted by atomic mass is 19.4. The topological polar surface area (TPSA) is 47.3 Å². The van der Waals surface area contributed by atoms with E-state index >= 15 is 0 Å². The minimum atomic E-state index is -4.98. The fourth-order valence-corrected chi connectivity index (χ4v) is 2.79. The van der Waals surface area contributed by atoms with Crippen LogP contribution in [0.5, 0.6) is 0 Å². The number of hydrogen-bond acceptors (Lipinski definition) is 4. The SMILES string of the molecule is CCCN1CCN(c2cccc(C(=O)C(F)(F)F)c2C#N)CC1. The summed E-state index contributed by atoms with van der Waals surface area (Å²) in [6, 6.07) is 5.83. The molecule has 0 bridgehead atoms. The van der Waals surface area contributed by atoms with Crippen molar-refractivity contribution < 1.29 is 18.0 Å². The normalized spacial score (nSPS) is 16.2. The van der Waals surface area contributed by atoms with Gasteiger partial charge in [-0.3, -0.25) is 9.69 Å². The van der Waals surface area contributed by atoms with Crippen molar-refractivity contribution in [1.29, 1.82) is 5.26 Å². The van der Waals surface area contributed by atoms with Crippen LogP contribution in [-0.2, 0) is 0 Å². The number of alkyl halides is 3. The Labute approximate surface area is 133 Å². The summed E-state index contributed by atoms with van der Waals surface area (Å²) in [5.74, 6) is -1.97. The summed E-state index contributed by atoms with van der Waals surface area (Å²) < 4.78 is 38.0. The maximum Gasteiger partial charge on any atom is 0.454 e. The number of Topliss-reactive ketones (excluding diaryl/α,β-unsaturated/α-hetero) is 1. The molecule has 4 nitrogen and oxygen atoms in total. The van der Waals surface area contributed by atoms with Gasteiger partial charge in [0.2, 0.25) is 0 Å². The van der Waals surface area contributed by atoms with Crippen molar-refractivity contribution in [2.75, 3.05) is 37.6 Å². The number of carbonyl (C=O) groups excluding carboxylic acids is 1. The minimum Gasteiger partial charge on any atom is -0.368 e. The minimum absolute atomic E-state index is 0.196. The van der Waals surface area contributed by atoms with Gasteiger partial charge >= 0.3 is 6.18 Å². The summed E-state index contributed by atoms with van der Waals surface area (Å²) in [5.41, 5.74) is -0.369. The first-order valence-electron chi connectivity index (χ1n) is 7.50. The van der Waals surface area contributed by atoms with E-state index in [1.807, 2.05) is 4.90 Å². The van der Waals surface area contributed by atoms with Crippen LogP contribution < -0.4 is 4.90 Å². The molecule has 0 N–H and O–H groups in total. The Morgan fingerprint density at radius 3 is 2.43 bits per heavy atom. The van der Waals surface area contributed by atoms with Crippen molar-refractivity contribution in [3.8, 4) is 6.07 Å². The number of rotatable bonds is 4. The third-order valence-corrected chi connectivity index (χ3v) is 3.91. The monoisotopic (exact) mass is 325 g/mol. The number of anilines is 1. The molecule has 1 aromatic carbocycles. The Balaban J connectivity index is 2.28. The van der Waals surface area contributed by atoms with Crippen LogP contribution in [0.4, 0.5) is 18.9 Å². The van der Waals surface area contributed by atoms with Crippen LogP contribution in [0.2, 0.25) is 0 Å². The van der Waals surface area contributed by atoms with Crippen LogP contribution in [0.1, 0.15) is 29.3 Å². The highest BCUT2D eigenvalue weighted by Gasteiger charge is 2.41. The molecule has 1 aliphatic heterocycles. The second kappa shape index (κ2) is 7.01. The molecular weight excluding hydrogens is 307 g/mol. The van der Waals surface area contributed by atoms with E-state index in [0.717, 1.165) is 32.1 Å². The molecule has 124 valence electrons. The molecule has 1 aliphatic rings. The summed E-state index contributed by atoms with van der Waals surface area (Å²) in [5, 5.41) is 9.27. The average molecular weight is 325 g/mol. The molecule has 1 saturated heterocycles. The molecular formula is C16H18F3N3O. The number of benzene rings is 1. The van der Waals surface area contributed by atoms with E-state index in [2.05, 4.69) is 11.8 Å². The van der Waals surface area contributed by atoms with Crippen molar-refractivity contribution in [2.24, 2.45) is 0 Å². The molecule has 0 saturated carbocycles. The van der Waals surface area contributed by atoms with Crippen LogP contribution in [0, 0.1) is 11.3 Å². The summed E-state index contributed by atoms with van der Waals surface area (Å²) in [6.45, 7) is 5.89. The largest absolute Gasteiger partial charge is 0.454 e. The summed E-state index contributed by atoms with van der Waals surface area (Å²) in [7, 11) is 0. The van der Waals surface area contributed by atoms with E-state index in [9.17, 15) is 23.2 Å². The smallest absolute Gasteiger partial charge is 0.368 e. The predicted octanol–water partition coefficient (Wildman–Crippen LogP) is 2.84. The van der Waals surface area contributed by atoms with Gasteiger partial charge in [0.1, 0.15) is 6.07 Å². The zero-order chi connectivity index (χ0) is 17.0. The van der Waals surface area contributed by atoms with Crippen LogP contribution in [0.15, 0.2) is 18.2 Å². The summed E-state index contributed by atoms with van der Waals surface area (Å²) in [4.78, 5) is 15.7. The average Bonchev–Trinajstić information content (AvgIpc) is 2.53. The van der Waals surface area contributed by atoms with Crippen LogP contribution in [0.3, 0.4) is 0 Å². The van der Waals surface area contributed by atoms with Crippen molar-refractivity contribution in [3.63, 3.8) is 0 Å². The molecule has 0 unspecified atom stereocenters. The van der Waals surface area contributed by atoms with Crippen molar-refractivity contribution >= 4 is 11.5 Å². The lowest BCUT2D eigenvalue weighted by atomic mass is 10.0. The number of ketones is 1. The summed E-state index contributed by atoms with van der Waals surface area (Å²) in [6.07, 6.45) is -3.94. The molecule has 1 heterocycles. The number of nitrogens with zero attached hydrogens (tertiary/aromatic N) is 3.